The molecule has 35 heavy (non-hydrogen) atoms. The summed E-state index contributed by atoms with van der Waals surface area (Å²) in [6, 6.07) is 9.94. The Morgan fingerprint density at radius 3 is 2.43 bits per heavy atom. The van der Waals surface area contributed by atoms with Crippen LogP contribution in [0.4, 0.5) is 0 Å². The van der Waals surface area contributed by atoms with Crippen LogP contribution in [0, 0.1) is 0 Å². The molecule has 1 aromatic heterocycles. The second kappa shape index (κ2) is 9.67. The molecule has 0 saturated heterocycles. The first-order valence-electron chi connectivity index (χ1n) is 13.3. The lowest BCUT2D eigenvalue weighted by atomic mass is 9.93. The minimum absolute atomic E-state index is 0.0772. The van der Waals surface area contributed by atoms with Crippen LogP contribution in [0.5, 0.6) is 5.75 Å². The van der Waals surface area contributed by atoms with E-state index >= 15 is 0 Å². The van der Waals surface area contributed by atoms with Crippen molar-refractivity contribution in [2.75, 3.05) is 0 Å². The fourth-order valence-electron chi connectivity index (χ4n) is 5.38. The molecule has 1 unspecified atom stereocenters. The Labute approximate surface area is 208 Å². The molecule has 2 aromatic rings. The first-order valence-corrected chi connectivity index (χ1v) is 13.3. The predicted molar refractivity (Wildman–Crippen MR) is 134 cm³/mol. The van der Waals surface area contributed by atoms with Crippen LogP contribution in [-0.4, -0.2) is 44.2 Å². The van der Waals surface area contributed by atoms with Gasteiger partial charge in [-0.1, -0.05) is 37.8 Å². The quantitative estimate of drug-likeness (QED) is 0.580. The van der Waals surface area contributed by atoms with Gasteiger partial charge in [0.2, 0.25) is 5.91 Å². The summed E-state index contributed by atoms with van der Waals surface area (Å²) in [5.74, 6) is 1.05. The number of amides is 2. The third-order valence-electron chi connectivity index (χ3n) is 7.63. The van der Waals surface area contributed by atoms with Crippen molar-refractivity contribution in [1.82, 2.24) is 20.0 Å². The van der Waals surface area contributed by atoms with Gasteiger partial charge >= 0.3 is 0 Å². The molecule has 1 aromatic carbocycles. The fourth-order valence-corrected chi connectivity index (χ4v) is 5.38. The van der Waals surface area contributed by atoms with Crippen molar-refractivity contribution in [3.05, 3.63) is 47.3 Å². The summed E-state index contributed by atoms with van der Waals surface area (Å²) in [6.45, 7) is 6.62. The standard InChI is InChI=1S/C28H38N4O3/c1-19(2)35-23-14-10-20(11-15-23)17-31-26(33)25-16-24(21-12-13-21)30-32(25)18-28(31,3)27(34)29-22-8-6-4-5-7-9-22/h10-11,14-16,19,21-22H,4-9,12-13,17-18H2,1-3H3,(H,29,34). The first kappa shape index (κ1) is 23.9. The van der Waals surface area contributed by atoms with Gasteiger partial charge in [0, 0.05) is 18.5 Å². The smallest absolute Gasteiger partial charge is 0.273 e. The Morgan fingerprint density at radius 1 is 1.11 bits per heavy atom. The zero-order valence-electron chi connectivity index (χ0n) is 21.3. The molecule has 188 valence electrons. The number of benzene rings is 1. The highest BCUT2D eigenvalue weighted by molar-refractivity contribution is 5.99. The third kappa shape index (κ3) is 5.09. The van der Waals surface area contributed by atoms with E-state index in [9.17, 15) is 9.59 Å². The van der Waals surface area contributed by atoms with Gasteiger partial charge in [0.25, 0.3) is 5.91 Å². The number of carbonyl (C=O) groups excluding carboxylic acids is 2. The molecule has 7 heteroatoms. The molecule has 2 fully saturated rings. The summed E-state index contributed by atoms with van der Waals surface area (Å²) in [4.78, 5) is 29.4. The van der Waals surface area contributed by atoms with Gasteiger partial charge in [0.15, 0.2) is 0 Å². The van der Waals surface area contributed by atoms with Gasteiger partial charge in [-0.2, -0.15) is 5.10 Å². The van der Waals surface area contributed by atoms with Crippen molar-refractivity contribution >= 4 is 11.8 Å². The lowest BCUT2D eigenvalue weighted by Gasteiger charge is -2.44. The Bertz CT molecular complexity index is 1060. The molecule has 2 heterocycles. The van der Waals surface area contributed by atoms with Crippen molar-refractivity contribution in [3.63, 3.8) is 0 Å². The largest absolute Gasteiger partial charge is 0.491 e. The molecule has 0 radical (unpaired) electrons. The normalized spacial score (nSPS) is 23.2. The lowest BCUT2D eigenvalue weighted by molar-refractivity contribution is -0.134. The number of aromatic nitrogens is 2. The van der Waals surface area contributed by atoms with E-state index in [4.69, 9.17) is 9.84 Å². The summed E-state index contributed by atoms with van der Waals surface area (Å²) >= 11 is 0. The molecule has 7 nitrogen and oxygen atoms in total. The molecule has 3 aliphatic rings. The van der Waals surface area contributed by atoms with Crippen LogP contribution in [0.15, 0.2) is 30.3 Å². The zero-order chi connectivity index (χ0) is 24.6. The monoisotopic (exact) mass is 478 g/mol. The van der Waals surface area contributed by atoms with E-state index in [1.807, 2.05) is 51.1 Å². The van der Waals surface area contributed by atoms with Gasteiger partial charge in [-0.3, -0.25) is 14.3 Å². The maximum atomic E-state index is 13.8. The number of rotatable bonds is 7. The first-order chi connectivity index (χ1) is 16.8. The molecule has 1 atom stereocenters. The van der Waals surface area contributed by atoms with Crippen LogP contribution >= 0.6 is 0 Å². The Balaban J connectivity index is 1.42. The number of ether oxygens (including phenoxy) is 1. The summed E-state index contributed by atoms with van der Waals surface area (Å²) in [5.41, 5.74) is 1.53. The summed E-state index contributed by atoms with van der Waals surface area (Å²) in [5, 5.41) is 8.07. The lowest BCUT2D eigenvalue weighted by Crippen LogP contribution is -2.64. The minimum atomic E-state index is -1.02. The van der Waals surface area contributed by atoms with Crippen molar-refractivity contribution in [1.29, 1.82) is 0 Å². The Kier molecular flexibility index (Phi) is 6.60. The number of nitrogens with zero attached hydrogens (tertiary/aromatic N) is 3. The molecule has 1 aliphatic heterocycles. The van der Waals surface area contributed by atoms with Gasteiger partial charge in [0.1, 0.15) is 17.0 Å². The average molecular weight is 479 g/mol. The SMILES string of the molecule is CC(C)Oc1ccc(CN2C(=O)c3cc(C4CC4)nn3CC2(C)C(=O)NC2CCCCCC2)cc1. The van der Waals surface area contributed by atoms with Gasteiger partial charge in [-0.05, 0) is 70.2 Å². The van der Waals surface area contributed by atoms with Gasteiger partial charge in [-0.25, -0.2) is 0 Å². The molecule has 0 spiro atoms. The number of nitrogens with one attached hydrogen (secondary N) is 1. The third-order valence-corrected chi connectivity index (χ3v) is 7.63. The van der Waals surface area contributed by atoms with Crippen LogP contribution < -0.4 is 10.1 Å². The van der Waals surface area contributed by atoms with Gasteiger partial charge < -0.3 is 15.0 Å². The van der Waals surface area contributed by atoms with Gasteiger partial charge in [-0.15, -0.1) is 0 Å². The molecule has 2 saturated carbocycles. The molecular formula is C28H38N4O3. The van der Waals surface area contributed by atoms with Crippen LogP contribution in [0.25, 0.3) is 0 Å². The van der Waals surface area contributed by atoms with Gasteiger partial charge in [0.05, 0.1) is 18.3 Å². The molecule has 0 bridgehead atoms. The molecule has 1 N–H and O–H groups in total. The second-order valence-electron chi connectivity index (χ2n) is 11.0. The van der Waals surface area contributed by atoms with Crippen molar-refractivity contribution in [2.45, 2.75) is 109 Å². The van der Waals surface area contributed by atoms with Crippen LogP contribution in [0.3, 0.4) is 0 Å². The highest BCUT2D eigenvalue weighted by atomic mass is 16.5. The number of carbonyl (C=O) groups is 2. The van der Waals surface area contributed by atoms with E-state index in [0.29, 0.717) is 24.7 Å². The van der Waals surface area contributed by atoms with Crippen molar-refractivity contribution < 1.29 is 14.3 Å². The average Bonchev–Trinajstić information content (AvgIpc) is 3.62. The molecule has 2 amide bonds. The van der Waals surface area contributed by atoms with Crippen LogP contribution in [-0.2, 0) is 17.9 Å². The van der Waals surface area contributed by atoms with Crippen molar-refractivity contribution in [2.24, 2.45) is 0 Å². The van der Waals surface area contributed by atoms with Crippen LogP contribution in [0.1, 0.15) is 99.8 Å². The summed E-state index contributed by atoms with van der Waals surface area (Å²) in [6.07, 6.45) is 9.10. The summed E-state index contributed by atoms with van der Waals surface area (Å²) < 4.78 is 7.55. The topological polar surface area (TPSA) is 76.5 Å². The molecule has 5 rings (SSSR count). The van der Waals surface area contributed by atoms with E-state index < -0.39 is 5.54 Å². The van der Waals surface area contributed by atoms with Crippen LogP contribution in [0.2, 0.25) is 0 Å². The maximum absolute atomic E-state index is 13.8. The van der Waals surface area contributed by atoms with E-state index in [2.05, 4.69) is 5.32 Å². The highest BCUT2D eigenvalue weighted by Crippen LogP contribution is 2.41. The number of hydrogen-bond acceptors (Lipinski definition) is 4. The van der Waals surface area contributed by atoms with E-state index in [0.717, 1.165) is 55.5 Å². The van der Waals surface area contributed by atoms with Crippen molar-refractivity contribution in [3.8, 4) is 5.75 Å². The Hall–Kier alpha value is -2.83. The van der Waals surface area contributed by atoms with E-state index in [1.54, 1.807) is 9.58 Å². The number of hydrogen-bond donors (Lipinski definition) is 1. The predicted octanol–water partition coefficient (Wildman–Crippen LogP) is 4.80. The minimum Gasteiger partial charge on any atom is -0.491 e. The van der Waals surface area contributed by atoms with E-state index in [1.165, 1.54) is 12.8 Å². The molecular weight excluding hydrogens is 440 g/mol. The van der Waals surface area contributed by atoms with E-state index in [-0.39, 0.29) is 24.0 Å². The second-order valence-corrected chi connectivity index (χ2v) is 11.0. The molecule has 2 aliphatic carbocycles. The highest BCUT2D eigenvalue weighted by Gasteiger charge is 2.48. The Morgan fingerprint density at radius 2 is 1.80 bits per heavy atom. The summed E-state index contributed by atoms with van der Waals surface area (Å²) in [7, 11) is 0. The maximum Gasteiger partial charge on any atom is 0.273 e. The number of fused-ring (bicyclic) bond motifs is 1. The fraction of sp³-hybridized carbons (Fsp3) is 0.607. The zero-order valence-corrected chi connectivity index (χ0v) is 21.3.